The van der Waals surface area contributed by atoms with Gasteiger partial charge in [-0.2, -0.15) is 8.78 Å². The molecule has 5 nitrogen and oxygen atoms in total. The fourth-order valence-corrected chi connectivity index (χ4v) is 3.36. The van der Waals surface area contributed by atoms with E-state index in [1.54, 1.807) is 18.5 Å². The lowest BCUT2D eigenvalue weighted by atomic mass is 9.74. The van der Waals surface area contributed by atoms with Gasteiger partial charge in [0.05, 0.1) is 0 Å². The van der Waals surface area contributed by atoms with E-state index in [0.717, 1.165) is 11.1 Å². The molecule has 1 aromatic heterocycles. The van der Waals surface area contributed by atoms with E-state index in [1.165, 1.54) is 12.4 Å². The molecule has 0 saturated carbocycles. The molecule has 4 rings (SSSR count). The Labute approximate surface area is 131 Å². The molecule has 7 heteroatoms. The first-order valence-electron chi connectivity index (χ1n) is 7.27. The van der Waals surface area contributed by atoms with Crippen molar-refractivity contribution in [2.45, 2.75) is 24.3 Å². The number of nitrogens with zero attached hydrogens (tertiary/aromatic N) is 3. The lowest BCUT2D eigenvalue weighted by Crippen LogP contribution is -2.49. The Morgan fingerprint density at radius 2 is 1.96 bits per heavy atom. The largest absolute Gasteiger partial charge is 0.463 e. The lowest BCUT2D eigenvalue weighted by molar-refractivity contribution is -0.0973. The third-order valence-electron chi connectivity index (χ3n) is 4.54. The maximum Gasteiger partial charge on any atom is 0.301 e. The zero-order valence-electron chi connectivity index (χ0n) is 12.2. The van der Waals surface area contributed by atoms with E-state index in [2.05, 4.69) is 15.0 Å². The van der Waals surface area contributed by atoms with Crippen LogP contribution in [0.5, 0.6) is 0 Å². The molecule has 0 fully saturated rings. The van der Waals surface area contributed by atoms with Crippen molar-refractivity contribution < 1.29 is 13.5 Å². The Morgan fingerprint density at radius 3 is 2.65 bits per heavy atom. The van der Waals surface area contributed by atoms with Crippen molar-refractivity contribution in [3.8, 4) is 11.1 Å². The highest BCUT2D eigenvalue weighted by Gasteiger charge is 2.61. The van der Waals surface area contributed by atoms with Crippen LogP contribution < -0.4 is 5.73 Å². The van der Waals surface area contributed by atoms with Crippen LogP contribution in [0.25, 0.3) is 11.1 Å². The molecule has 2 N–H and O–H groups in total. The molecular formula is C16H14F2N4O. The zero-order chi connectivity index (χ0) is 16.1. The van der Waals surface area contributed by atoms with Crippen LogP contribution in [-0.2, 0) is 17.1 Å². The molecule has 0 saturated heterocycles. The number of halogens is 2. The van der Waals surface area contributed by atoms with Gasteiger partial charge in [0.25, 0.3) is 6.02 Å². The molecule has 1 aliphatic heterocycles. The quantitative estimate of drug-likeness (QED) is 0.876. The Morgan fingerprint density at radius 1 is 1.17 bits per heavy atom. The summed E-state index contributed by atoms with van der Waals surface area (Å²) < 4.78 is 35.3. The number of rotatable bonds is 1. The van der Waals surface area contributed by atoms with Crippen molar-refractivity contribution in [2.75, 3.05) is 6.61 Å². The van der Waals surface area contributed by atoms with E-state index in [0.29, 0.717) is 12.0 Å². The van der Waals surface area contributed by atoms with Crippen LogP contribution in [0.2, 0.25) is 0 Å². The van der Waals surface area contributed by atoms with Crippen molar-refractivity contribution in [1.29, 1.82) is 0 Å². The molecule has 1 atom stereocenters. The Hall–Kier alpha value is -2.57. The first kappa shape index (κ1) is 14.0. The van der Waals surface area contributed by atoms with E-state index in [9.17, 15) is 0 Å². The number of alkyl halides is 2. The van der Waals surface area contributed by atoms with Crippen molar-refractivity contribution in [1.82, 2.24) is 9.97 Å². The summed E-state index contributed by atoms with van der Waals surface area (Å²) in [5.74, 6) is -3.15. The Bertz CT molecular complexity index is 794. The van der Waals surface area contributed by atoms with Gasteiger partial charge in [-0.05, 0) is 24.0 Å². The maximum atomic E-state index is 15.2. The van der Waals surface area contributed by atoms with E-state index >= 15 is 8.78 Å². The summed E-state index contributed by atoms with van der Waals surface area (Å²) in [7, 11) is 0. The predicted molar refractivity (Wildman–Crippen MR) is 80.0 cm³/mol. The molecule has 2 heterocycles. The average Bonchev–Trinajstić information content (AvgIpc) is 2.95. The van der Waals surface area contributed by atoms with E-state index in [4.69, 9.17) is 10.5 Å². The number of nitrogens with two attached hydrogens (primary N) is 1. The Balaban J connectivity index is 1.88. The molecule has 0 amide bonds. The van der Waals surface area contributed by atoms with Gasteiger partial charge in [0.1, 0.15) is 12.9 Å². The number of hydrogen-bond donors (Lipinski definition) is 1. The third kappa shape index (κ3) is 1.92. The summed E-state index contributed by atoms with van der Waals surface area (Å²) >= 11 is 0. The molecule has 23 heavy (non-hydrogen) atoms. The number of aliphatic imine (C=N–C) groups is 1. The molecule has 1 aromatic carbocycles. The summed E-state index contributed by atoms with van der Waals surface area (Å²) in [5.41, 5.74) is 5.92. The van der Waals surface area contributed by atoms with Crippen LogP contribution >= 0.6 is 0 Å². The zero-order valence-corrected chi connectivity index (χ0v) is 12.2. The minimum absolute atomic E-state index is 0.0212. The van der Waals surface area contributed by atoms with Crippen LogP contribution in [0.4, 0.5) is 8.78 Å². The monoisotopic (exact) mass is 316 g/mol. The summed E-state index contributed by atoms with van der Waals surface area (Å²) in [4.78, 5) is 11.9. The maximum absolute atomic E-state index is 15.2. The molecule has 0 bridgehead atoms. The highest BCUT2D eigenvalue weighted by molar-refractivity contribution is 5.75. The molecule has 118 valence electrons. The molecule has 1 spiro atoms. The fourth-order valence-electron chi connectivity index (χ4n) is 3.36. The van der Waals surface area contributed by atoms with Crippen molar-refractivity contribution in [2.24, 2.45) is 10.7 Å². The minimum atomic E-state index is -3.15. The van der Waals surface area contributed by atoms with E-state index in [-0.39, 0.29) is 24.6 Å². The topological polar surface area (TPSA) is 73.4 Å². The van der Waals surface area contributed by atoms with Gasteiger partial charge in [-0.3, -0.25) is 0 Å². The number of hydrogen-bond acceptors (Lipinski definition) is 5. The molecular weight excluding hydrogens is 302 g/mol. The Kier molecular flexibility index (Phi) is 2.88. The van der Waals surface area contributed by atoms with Crippen LogP contribution in [-0.4, -0.2) is 28.1 Å². The fraction of sp³-hybridized carbons (Fsp3) is 0.312. The van der Waals surface area contributed by atoms with Gasteiger partial charge < -0.3 is 10.5 Å². The number of amidine groups is 1. The molecule has 2 aromatic rings. The van der Waals surface area contributed by atoms with Crippen LogP contribution in [0.1, 0.15) is 17.5 Å². The first-order valence-corrected chi connectivity index (χ1v) is 7.27. The molecule has 1 aliphatic carbocycles. The number of ether oxygens (including phenoxy) is 1. The van der Waals surface area contributed by atoms with Crippen LogP contribution in [0, 0.1) is 0 Å². The summed E-state index contributed by atoms with van der Waals surface area (Å²) in [5, 5.41) is 0. The van der Waals surface area contributed by atoms with Gasteiger partial charge >= 0.3 is 5.92 Å². The molecule has 0 radical (unpaired) electrons. The van der Waals surface area contributed by atoms with Gasteiger partial charge in [0.15, 0.2) is 5.54 Å². The van der Waals surface area contributed by atoms with Crippen LogP contribution in [0.15, 0.2) is 41.9 Å². The number of aromatic nitrogens is 2. The number of fused-ring (bicyclic) bond motifs is 1. The smallest absolute Gasteiger partial charge is 0.301 e. The molecule has 1 unspecified atom stereocenters. The van der Waals surface area contributed by atoms with Crippen LogP contribution in [0.3, 0.4) is 0 Å². The third-order valence-corrected chi connectivity index (χ3v) is 4.54. The predicted octanol–water partition coefficient (Wildman–Crippen LogP) is 2.27. The summed E-state index contributed by atoms with van der Waals surface area (Å²) in [6.45, 7) is -0.191. The van der Waals surface area contributed by atoms with Crippen molar-refractivity contribution in [3.05, 3.63) is 48.0 Å². The van der Waals surface area contributed by atoms with Gasteiger partial charge in [0.2, 0.25) is 0 Å². The first-order chi connectivity index (χ1) is 11.0. The second kappa shape index (κ2) is 4.71. The second-order valence-electron chi connectivity index (χ2n) is 5.80. The normalized spacial score (nSPS) is 24.9. The highest BCUT2D eigenvalue weighted by Crippen LogP contribution is 2.52. The summed E-state index contributed by atoms with van der Waals surface area (Å²) in [6, 6.07) is 4.72. The van der Waals surface area contributed by atoms with Crippen molar-refractivity contribution in [3.63, 3.8) is 0 Å². The highest BCUT2D eigenvalue weighted by atomic mass is 19.3. The minimum Gasteiger partial charge on any atom is -0.463 e. The van der Waals surface area contributed by atoms with Gasteiger partial charge in [-0.15, -0.1) is 0 Å². The van der Waals surface area contributed by atoms with Gasteiger partial charge in [0, 0.05) is 23.5 Å². The molecule has 2 aliphatic rings. The van der Waals surface area contributed by atoms with E-state index < -0.39 is 11.5 Å². The van der Waals surface area contributed by atoms with Gasteiger partial charge in [-0.1, -0.05) is 18.2 Å². The van der Waals surface area contributed by atoms with E-state index in [1.807, 2.05) is 6.07 Å². The SMILES string of the molecule is NC1=NC2(CCc3c(-c4cncnc4)cccc3C2(F)F)CO1. The van der Waals surface area contributed by atoms with Gasteiger partial charge in [-0.25, -0.2) is 15.0 Å². The number of benzene rings is 1. The summed E-state index contributed by atoms with van der Waals surface area (Å²) in [6.07, 6.45) is 5.31. The lowest BCUT2D eigenvalue weighted by Gasteiger charge is -2.39. The van der Waals surface area contributed by atoms with Crippen molar-refractivity contribution >= 4 is 6.02 Å². The second-order valence-corrected chi connectivity index (χ2v) is 5.80. The average molecular weight is 316 g/mol. The standard InChI is InChI=1S/C16H14F2N4O/c17-16(18)13-3-1-2-11(10-6-20-9-21-7-10)12(13)4-5-15(16)8-23-14(19)22-15/h1-3,6-7,9H,4-5,8H2,(H2,19,22).